The molecule has 2 N–H and O–H groups in total. The number of carbonyl (C=O) groups excluding carboxylic acids is 1. The van der Waals surface area contributed by atoms with Crippen molar-refractivity contribution >= 4 is 23.0 Å². The largest absolute Gasteiger partial charge is 0.395 e. The van der Waals surface area contributed by atoms with Gasteiger partial charge in [-0.2, -0.15) is 0 Å². The number of nitro groups is 1. The molecular weight excluding hydrogens is 238 g/mol. The summed E-state index contributed by atoms with van der Waals surface area (Å²) in [6, 6.07) is 4.31. The molecule has 1 amide bonds. The number of nitro benzene ring substituents is 1. The monoisotopic (exact) mass is 253 g/mol. The quantitative estimate of drug-likeness (QED) is 0.602. The Morgan fingerprint density at radius 1 is 1.56 bits per heavy atom. The predicted molar refractivity (Wildman–Crippen MR) is 67.8 cm³/mol. The van der Waals surface area contributed by atoms with E-state index in [2.05, 4.69) is 5.32 Å². The molecule has 0 aliphatic heterocycles. The highest BCUT2D eigenvalue weighted by atomic mass is 16.6. The molecule has 0 aromatic heterocycles. The molecule has 0 atom stereocenters. The summed E-state index contributed by atoms with van der Waals surface area (Å²) in [6.07, 6.45) is 0. The molecular formula is C11H15N3O4. The van der Waals surface area contributed by atoms with E-state index in [1.54, 1.807) is 11.9 Å². The molecule has 18 heavy (non-hydrogen) atoms. The van der Waals surface area contributed by atoms with Gasteiger partial charge in [-0.15, -0.1) is 0 Å². The van der Waals surface area contributed by atoms with E-state index in [9.17, 15) is 14.9 Å². The molecule has 0 spiro atoms. The molecule has 1 aromatic rings. The zero-order chi connectivity index (χ0) is 13.7. The zero-order valence-corrected chi connectivity index (χ0v) is 10.2. The average molecular weight is 253 g/mol. The molecule has 1 rings (SSSR count). The first-order valence-electron chi connectivity index (χ1n) is 5.33. The maximum Gasteiger partial charge on any atom is 0.292 e. The van der Waals surface area contributed by atoms with Crippen molar-refractivity contribution in [1.82, 2.24) is 0 Å². The summed E-state index contributed by atoms with van der Waals surface area (Å²) in [6.45, 7) is 1.51. The van der Waals surface area contributed by atoms with Crippen LogP contribution in [0.2, 0.25) is 0 Å². The lowest BCUT2D eigenvalue weighted by atomic mass is 10.2. The number of nitrogens with one attached hydrogen (secondary N) is 1. The van der Waals surface area contributed by atoms with Crippen molar-refractivity contribution in [3.8, 4) is 0 Å². The molecule has 7 nitrogen and oxygen atoms in total. The summed E-state index contributed by atoms with van der Waals surface area (Å²) >= 11 is 0. The van der Waals surface area contributed by atoms with E-state index in [0.717, 1.165) is 0 Å². The number of amides is 1. The first kappa shape index (κ1) is 13.9. The number of aliphatic hydroxyl groups excluding tert-OH is 1. The van der Waals surface area contributed by atoms with Crippen molar-refractivity contribution in [3.05, 3.63) is 28.3 Å². The number of carbonyl (C=O) groups is 1. The van der Waals surface area contributed by atoms with Gasteiger partial charge in [-0.25, -0.2) is 0 Å². The second kappa shape index (κ2) is 5.97. The Kier molecular flexibility index (Phi) is 4.61. The summed E-state index contributed by atoms with van der Waals surface area (Å²) in [7, 11) is 1.64. The van der Waals surface area contributed by atoms with Gasteiger partial charge < -0.3 is 15.3 Å². The molecule has 0 heterocycles. The third-order valence-electron chi connectivity index (χ3n) is 2.34. The van der Waals surface area contributed by atoms with Crippen molar-refractivity contribution < 1.29 is 14.8 Å². The Labute approximate surface area is 104 Å². The average Bonchev–Trinajstić information content (AvgIpc) is 2.28. The molecule has 0 saturated carbocycles. The fourth-order valence-corrected chi connectivity index (χ4v) is 1.54. The lowest BCUT2D eigenvalue weighted by molar-refractivity contribution is -0.384. The third-order valence-corrected chi connectivity index (χ3v) is 2.34. The van der Waals surface area contributed by atoms with Crippen LogP contribution in [0.3, 0.4) is 0 Å². The number of hydrogen-bond donors (Lipinski definition) is 2. The van der Waals surface area contributed by atoms with Crippen LogP contribution >= 0.6 is 0 Å². The second-order valence-electron chi connectivity index (χ2n) is 3.79. The Hall–Kier alpha value is -2.15. The smallest absolute Gasteiger partial charge is 0.292 e. The van der Waals surface area contributed by atoms with Crippen LogP contribution in [0.1, 0.15) is 6.92 Å². The molecule has 0 aliphatic rings. The van der Waals surface area contributed by atoms with Crippen LogP contribution in [0.4, 0.5) is 17.1 Å². The molecule has 98 valence electrons. The minimum atomic E-state index is -0.499. The van der Waals surface area contributed by atoms with Gasteiger partial charge in [0, 0.05) is 32.3 Å². The van der Waals surface area contributed by atoms with Gasteiger partial charge in [0.05, 0.1) is 11.5 Å². The van der Waals surface area contributed by atoms with Gasteiger partial charge in [-0.1, -0.05) is 0 Å². The molecule has 0 unspecified atom stereocenters. The van der Waals surface area contributed by atoms with Gasteiger partial charge in [-0.05, 0) is 12.1 Å². The van der Waals surface area contributed by atoms with Gasteiger partial charge in [0.2, 0.25) is 5.91 Å². The fraction of sp³-hybridized carbons (Fsp3) is 0.364. The van der Waals surface area contributed by atoms with Crippen LogP contribution in [0, 0.1) is 10.1 Å². The Morgan fingerprint density at radius 2 is 2.22 bits per heavy atom. The summed E-state index contributed by atoms with van der Waals surface area (Å²) in [4.78, 5) is 22.9. The van der Waals surface area contributed by atoms with E-state index in [4.69, 9.17) is 5.11 Å². The van der Waals surface area contributed by atoms with Gasteiger partial charge in [0.1, 0.15) is 5.69 Å². The van der Waals surface area contributed by atoms with Crippen molar-refractivity contribution in [2.24, 2.45) is 0 Å². The van der Waals surface area contributed by atoms with Crippen LogP contribution in [-0.4, -0.2) is 36.1 Å². The summed E-state index contributed by atoms with van der Waals surface area (Å²) in [5.74, 6) is -0.250. The fourth-order valence-electron chi connectivity index (χ4n) is 1.54. The molecule has 1 aromatic carbocycles. The number of rotatable bonds is 5. The number of benzene rings is 1. The lowest BCUT2D eigenvalue weighted by Crippen LogP contribution is -2.22. The predicted octanol–water partition coefficient (Wildman–Crippen LogP) is 0.982. The summed E-state index contributed by atoms with van der Waals surface area (Å²) < 4.78 is 0. The van der Waals surface area contributed by atoms with E-state index in [0.29, 0.717) is 11.4 Å². The van der Waals surface area contributed by atoms with Crippen LogP contribution in [-0.2, 0) is 4.79 Å². The minimum Gasteiger partial charge on any atom is -0.395 e. The second-order valence-corrected chi connectivity index (χ2v) is 3.79. The third kappa shape index (κ3) is 3.42. The highest BCUT2D eigenvalue weighted by molar-refractivity contribution is 5.90. The molecule has 0 radical (unpaired) electrons. The highest BCUT2D eigenvalue weighted by Crippen LogP contribution is 2.30. The van der Waals surface area contributed by atoms with Crippen LogP contribution in [0.15, 0.2) is 18.2 Å². The Bertz CT molecular complexity index is 462. The normalized spacial score (nSPS) is 9.94. The number of aliphatic hydroxyl groups is 1. The number of anilines is 2. The van der Waals surface area contributed by atoms with Gasteiger partial charge in [0.15, 0.2) is 0 Å². The zero-order valence-electron chi connectivity index (χ0n) is 10.2. The van der Waals surface area contributed by atoms with Crippen LogP contribution in [0.25, 0.3) is 0 Å². The summed E-state index contributed by atoms with van der Waals surface area (Å²) in [5, 5.41) is 22.3. The topological polar surface area (TPSA) is 95.7 Å². The first-order chi connectivity index (χ1) is 8.45. The SMILES string of the molecule is CC(=O)Nc1ccc([N+](=O)[O-])c(N(C)CCO)c1. The molecule has 0 saturated heterocycles. The van der Waals surface area contributed by atoms with Gasteiger partial charge in [-0.3, -0.25) is 14.9 Å². The molecule has 0 fully saturated rings. The summed E-state index contributed by atoms with van der Waals surface area (Å²) in [5.41, 5.74) is 0.758. The van der Waals surface area contributed by atoms with E-state index in [1.165, 1.54) is 25.1 Å². The van der Waals surface area contributed by atoms with E-state index in [1.807, 2.05) is 0 Å². The Balaban J connectivity index is 3.14. The maximum absolute atomic E-state index is 10.9. The van der Waals surface area contributed by atoms with E-state index >= 15 is 0 Å². The van der Waals surface area contributed by atoms with Gasteiger partial charge in [0.25, 0.3) is 5.69 Å². The minimum absolute atomic E-state index is 0.0694. The van der Waals surface area contributed by atoms with Crippen LogP contribution in [0.5, 0.6) is 0 Å². The Morgan fingerprint density at radius 3 is 2.72 bits per heavy atom. The van der Waals surface area contributed by atoms with Gasteiger partial charge >= 0.3 is 0 Å². The number of likely N-dealkylation sites (N-methyl/N-ethyl adjacent to an activating group) is 1. The number of hydrogen-bond acceptors (Lipinski definition) is 5. The van der Waals surface area contributed by atoms with E-state index < -0.39 is 4.92 Å². The van der Waals surface area contributed by atoms with E-state index in [-0.39, 0.29) is 24.7 Å². The lowest BCUT2D eigenvalue weighted by Gasteiger charge is -2.18. The molecule has 0 bridgehead atoms. The molecule has 0 aliphatic carbocycles. The molecule has 7 heteroatoms. The number of nitrogens with zero attached hydrogens (tertiary/aromatic N) is 2. The van der Waals surface area contributed by atoms with Crippen LogP contribution < -0.4 is 10.2 Å². The first-order valence-corrected chi connectivity index (χ1v) is 5.33. The van der Waals surface area contributed by atoms with Crippen molar-refractivity contribution in [1.29, 1.82) is 0 Å². The standard InChI is InChI=1S/C11H15N3O4/c1-8(16)12-9-3-4-10(14(17)18)11(7-9)13(2)5-6-15/h3-4,7,15H,5-6H2,1-2H3,(H,12,16). The maximum atomic E-state index is 10.9. The van der Waals surface area contributed by atoms with Crippen molar-refractivity contribution in [3.63, 3.8) is 0 Å². The van der Waals surface area contributed by atoms with Crippen molar-refractivity contribution in [2.45, 2.75) is 6.92 Å². The van der Waals surface area contributed by atoms with Crippen molar-refractivity contribution in [2.75, 3.05) is 30.4 Å². The highest BCUT2D eigenvalue weighted by Gasteiger charge is 2.17.